The number of hydrogen-bond donors (Lipinski definition) is 1. The maximum absolute atomic E-state index is 12.1. The van der Waals surface area contributed by atoms with Gasteiger partial charge in [-0.25, -0.2) is 9.78 Å². The molecule has 1 heterocycles. The summed E-state index contributed by atoms with van der Waals surface area (Å²) < 4.78 is 0. The summed E-state index contributed by atoms with van der Waals surface area (Å²) >= 11 is 7.54. The van der Waals surface area contributed by atoms with E-state index in [-0.39, 0.29) is 6.03 Å². The Labute approximate surface area is 162 Å². The molecule has 0 aliphatic carbocycles. The number of anilines is 1. The maximum Gasteiger partial charge on any atom is 0.321 e. The SMILES string of the molecule is CCN(CC)C(=O)Nc1ccc(-c2csc(-c3ccc(Cl)cc3)n2)cc1. The largest absolute Gasteiger partial charge is 0.325 e. The highest BCUT2D eigenvalue weighted by Gasteiger charge is 2.10. The van der Waals surface area contributed by atoms with Gasteiger partial charge in [-0.15, -0.1) is 11.3 Å². The summed E-state index contributed by atoms with van der Waals surface area (Å²) in [4.78, 5) is 18.6. The molecule has 0 atom stereocenters. The van der Waals surface area contributed by atoms with Gasteiger partial charge in [0, 0.05) is 40.3 Å². The van der Waals surface area contributed by atoms with E-state index in [0.717, 1.165) is 27.5 Å². The normalized spacial score (nSPS) is 10.6. The van der Waals surface area contributed by atoms with Crippen LogP contribution in [0.3, 0.4) is 0 Å². The summed E-state index contributed by atoms with van der Waals surface area (Å²) in [6.07, 6.45) is 0. The molecule has 0 aliphatic rings. The van der Waals surface area contributed by atoms with Crippen LogP contribution in [0.4, 0.5) is 10.5 Å². The van der Waals surface area contributed by atoms with Crippen molar-refractivity contribution in [2.24, 2.45) is 0 Å². The number of rotatable bonds is 5. The van der Waals surface area contributed by atoms with Gasteiger partial charge in [0.25, 0.3) is 0 Å². The molecule has 6 heteroatoms. The number of benzene rings is 2. The highest BCUT2D eigenvalue weighted by atomic mass is 35.5. The molecule has 1 aromatic heterocycles. The van der Waals surface area contributed by atoms with Crippen LogP contribution in [0.1, 0.15) is 13.8 Å². The molecule has 0 unspecified atom stereocenters. The van der Waals surface area contributed by atoms with E-state index < -0.39 is 0 Å². The zero-order chi connectivity index (χ0) is 18.5. The fourth-order valence-electron chi connectivity index (χ4n) is 2.57. The first-order chi connectivity index (χ1) is 12.6. The maximum atomic E-state index is 12.1. The zero-order valence-corrected chi connectivity index (χ0v) is 16.3. The zero-order valence-electron chi connectivity index (χ0n) is 14.7. The number of amides is 2. The summed E-state index contributed by atoms with van der Waals surface area (Å²) in [6, 6.07) is 15.3. The first-order valence-electron chi connectivity index (χ1n) is 8.48. The fraction of sp³-hybridized carbons (Fsp3) is 0.200. The van der Waals surface area contributed by atoms with E-state index in [1.165, 1.54) is 0 Å². The number of carbonyl (C=O) groups excluding carboxylic acids is 1. The first-order valence-corrected chi connectivity index (χ1v) is 9.74. The molecule has 1 N–H and O–H groups in total. The molecule has 2 amide bonds. The molecule has 0 saturated heterocycles. The molecule has 3 aromatic rings. The Balaban J connectivity index is 1.73. The van der Waals surface area contributed by atoms with E-state index >= 15 is 0 Å². The van der Waals surface area contributed by atoms with Crippen LogP contribution in [0.2, 0.25) is 5.02 Å². The number of thiazole rings is 1. The minimum atomic E-state index is -0.0820. The molecule has 0 bridgehead atoms. The van der Waals surface area contributed by atoms with Gasteiger partial charge in [-0.05, 0) is 38.1 Å². The molecule has 0 aliphatic heterocycles. The number of carbonyl (C=O) groups is 1. The highest BCUT2D eigenvalue weighted by molar-refractivity contribution is 7.13. The van der Waals surface area contributed by atoms with Crippen molar-refractivity contribution in [1.82, 2.24) is 9.88 Å². The summed E-state index contributed by atoms with van der Waals surface area (Å²) in [7, 11) is 0. The number of nitrogens with one attached hydrogen (secondary N) is 1. The second kappa shape index (κ2) is 8.34. The van der Waals surface area contributed by atoms with E-state index in [2.05, 4.69) is 5.32 Å². The van der Waals surface area contributed by atoms with Crippen molar-refractivity contribution in [3.63, 3.8) is 0 Å². The van der Waals surface area contributed by atoms with Gasteiger partial charge in [0.05, 0.1) is 5.69 Å². The third-order valence-corrected chi connectivity index (χ3v) is 5.22. The van der Waals surface area contributed by atoms with Gasteiger partial charge in [-0.1, -0.05) is 35.9 Å². The predicted octanol–water partition coefficient (Wildman–Crippen LogP) is 6.00. The van der Waals surface area contributed by atoms with Gasteiger partial charge in [0.2, 0.25) is 0 Å². The van der Waals surface area contributed by atoms with Crippen LogP contribution in [-0.2, 0) is 0 Å². The van der Waals surface area contributed by atoms with Gasteiger partial charge in [-0.2, -0.15) is 0 Å². The lowest BCUT2D eigenvalue weighted by Gasteiger charge is -2.19. The predicted molar refractivity (Wildman–Crippen MR) is 110 cm³/mol. The molecule has 0 radical (unpaired) electrons. The number of halogens is 1. The summed E-state index contributed by atoms with van der Waals surface area (Å²) in [6.45, 7) is 5.30. The molecule has 26 heavy (non-hydrogen) atoms. The lowest BCUT2D eigenvalue weighted by Crippen LogP contribution is -2.34. The lowest BCUT2D eigenvalue weighted by atomic mass is 10.1. The Kier molecular flexibility index (Phi) is 5.91. The van der Waals surface area contributed by atoms with Crippen molar-refractivity contribution >= 4 is 34.7 Å². The Hall–Kier alpha value is -2.37. The van der Waals surface area contributed by atoms with Crippen molar-refractivity contribution in [2.75, 3.05) is 18.4 Å². The lowest BCUT2D eigenvalue weighted by molar-refractivity contribution is 0.217. The van der Waals surface area contributed by atoms with Crippen LogP contribution < -0.4 is 5.32 Å². The van der Waals surface area contributed by atoms with Gasteiger partial charge >= 0.3 is 6.03 Å². The van der Waals surface area contributed by atoms with Crippen LogP contribution in [0, 0.1) is 0 Å². The van der Waals surface area contributed by atoms with Gasteiger partial charge in [0.1, 0.15) is 5.01 Å². The number of urea groups is 1. The monoisotopic (exact) mass is 385 g/mol. The molecular formula is C20H20ClN3OS. The number of nitrogens with zero attached hydrogens (tertiary/aromatic N) is 2. The number of hydrogen-bond acceptors (Lipinski definition) is 3. The summed E-state index contributed by atoms with van der Waals surface area (Å²) in [5.74, 6) is 0. The van der Waals surface area contributed by atoms with E-state index in [4.69, 9.17) is 16.6 Å². The van der Waals surface area contributed by atoms with E-state index in [9.17, 15) is 4.79 Å². The average Bonchev–Trinajstić information content (AvgIpc) is 3.14. The van der Waals surface area contributed by atoms with Gasteiger partial charge in [-0.3, -0.25) is 0 Å². The van der Waals surface area contributed by atoms with Crippen molar-refractivity contribution < 1.29 is 4.79 Å². The Morgan fingerprint density at radius 1 is 1.04 bits per heavy atom. The smallest absolute Gasteiger partial charge is 0.321 e. The quantitative estimate of drug-likeness (QED) is 0.585. The van der Waals surface area contributed by atoms with E-state index in [1.807, 2.05) is 67.8 Å². The van der Waals surface area contributed by atoms with Crippen molar-refractivity contribution in [3.05, 3.63) is 58.9 Å². The molecule has 2 aromatic carbocycles. The van der Waals surface area contributed by atoms with Crippen molar-refractivity contribution in [2.45, 2.75) is 13.8 Å². The average molecular weight is 386 g/mol. The van der Waals surface area contributed by atoms with Gasteiger partial charge < -0.3 is 10.2 Å². The van der Waals surface area contributed by atoms with Crippen molar-refractivity contribution in [1.29, 1.82) is 0 Å². The highest BCUT2D eigenvalue weighted by Crippen LogP contribution is 2.30. The van der Waals surface area contributed by atoms with Crippen LogP contribution >= 0.6 is 22.9 Å². The molecule has 0 saturated carbocycles. The van der Waals surface area contributed by atoms with Crippen molar-refractivity contribution in [3.8, 4) is 21.8 Å². The summed E-state index contributed by atoms with van der Waals surface area (Å²) in [5, 5.41) is 6.62. The topological polar surface area (TPSA) is 45.2 Å². The molecule has 134 valence electrons. The van der Waals surface area contributed by atoms with Crippen LogP contribution in [0.5, 0.6) is 0 Å². The first kappa shape index (κ1) is 18.4. The molecule has 3 rings (SSSR count). The second-order valence-electron chi connectivity index (χ2n) is 5.72. The minimum absolute atomic E-state index is 0.0820. The molecule has 0 fully saturated rings. The third-order valence-electron chi connectivity index (χ3n) is 4.08. The van der Waals surface area contributed by atoms with Gasteiger partial charge in [0.15, 0.2) is 0 Å². The molecule has 4 nitrogen and oxygen atoms in total. The standard InChI is InChI=1S/C20H20ClN3OS/c1-3-24(4-2)20(25)22-17-11-7-14(8-12-17)18-13-26-19(23-18)15-5-9-16(21)10-6-15/h5-13H,3-4H2,1-2H3,(H,22,25). The molecule has 0 spiro atoms. The fourth-order valence-corrected chi connectivity index (χ4v) is 3.53. The summed E-state index contributed by atoms with van der Waals surface area (Å²) in [5.41, 5.74) is 3.76. The Morgan fingerprint density at radius 3 is 2.27 bits per heavy atom. The van der Waals surface area contributed by atoms with Crippen LogP contribution in [0.15, 0.2) is 53.9 Å². The number of aromatic nitrogens is 1. The van der Waals surface area contributed by atoms with Crippen LogP contribution in [0.25, 0.3) is 21.8 Å². The minimum Gasteiger partial charge on any atom is -0.325 e. The van der Waals surface area contributed by atoms with E-state index in [1.54, 1.807) is 16.2 Å². The van der Waals surface area contributed by atoms with E-state index in [0.29, 0.717) is 18.1 Å². The second-order valence-corrected chi connectivity index (χ2v) is 7.02. The third kappa shape index (κ3) is 4.23. The van der Waals surface area contributed by atoms with Crippen LogP contribution in [-0.4, -0.2) is 29.0 Å². The Morgan fingerprint density at radius 2 is 1.65 bits per heavy atom. The Bertz CT molecular complexity index is 871. The molecular weight excluding hydrogens is 366 g/mol.